The first-order valence-corrected chi connectivity index (χ1v) is 18.3. The van der Waals surface area contributed by atoms with E-state index in [-0.39, 0.29) is 45.6 Å². The number of rotatable bonds is 6. The zero-order chi connectivity index (χ0) is 47.3. The van der Waals surface area contributed by atoms with Gasteiger partial charge in [0.25, 0.3) is 0 Å². The van der Waals surface area contributed by atoms with Crippen LogP contribution in [-0.4, -0.2) is 15.0 Å². The van der Waals surface area contributed by atoms with Crippen LogP contribution in [0.25, 0.3) is 111 Å². The summed E-state index contributed by atoms with van der Waals surface area (Å²) in [4.78, 5) is 15.0. The predicted octanol–water partition coefficient (Wildman–Crippen LogP) is 14.1. The molecule has 0 spiro atoms. The summed E-state index contributed by atoms with van der Waals surface area (Å²) in [6.07, 6.45) is 0. The van der Waals surface area contributed by atoms with Crippen LogP contribution in [0.3, 0.4) is 0 Å². The zero-order valence-corrected chi connectivity index (χ0v) is 30.0. The minimum atomic E-state index is -0.720. The SMILES string of the molecule is [2H]c1c([2H])c([2H])c(-c2c([2H])c([2H])c(-c3c([2H])c(-c4nc(-c5ccccc5)nc(-c5cccc(-c6ccc7ccccc7c6)c5)n4)c4oc5ccc6ccccc6c5c4c3[2H])c([2H])c2[2H])c([2H])c1[2H]. The lowest BCUT2D eigenvalue weighted by Crippen LogP contribution is -2.00. The van der Waals surface area contributed by atoms with E-state index in [1.807, 2.05) is 97.1 Å². The Balaban J connectivity index is 1.22. The molecule has 2 aromatic heterocycles. The van der Waals surface area contributed by atoms with Crippen LogP contribution in [0, 0.1) is 0 Å². The molecule has 4 heteroatoms. The third-order valence-corrected chi connectivity index (χ3v) is 10.0. The van der Waals surface area contributed by atoms with E-state index in [4.69, 9.17) is 26.2 Å². The van der Waals surface area contributed by atoms with Gasteiger partial charge in [0, 0.05) is 21.9 Å². The van der Waals surface area contributed by atoms with Gasteiger partial charge in [-0.15, -0.1) is 0 Å². The summed E-state index contributed by atoms with van der Waals surface area (Å²) in [5, 5.41) is 4.45. The van der Waals surface area contributed by atoms with E-state index in [2.05, 4.69) is 30.3 Å². The summed E-state index contributed by atoms with van der Waals surface area (Å²) >= 11 is 0. The molecule has 11 rings (SSSR count). The van der Waals surface area contributed by atoms with E-state index in [0.717, 1.165) is 32.7 Å². The van der Waals surface area contributed by atoms with Crippen molar-refractivity contribution in [3.63, 3.8) is 0 Å². The fourth-order valence-corrected chi connectivity index (χ4v) is 7.26. The van der Waals surface area contributed by atoms with Gasteiger partial charge in [0.2, 0.25) is 0 Å². The highest BCUT2D eigenvalue weighted by Gasteiger charge is 2.21. The average molecular weight is 739 g/mol. The Morgan fingerprint density at radius 1 is 0.386 bits per heavy atom. The summed E-state index contributed by atoms with van der Waals surface area (Å²) in [5.41, 5.74) is 1.90. The fourth-order valence-electron chi connectivity index (χ4n) is 7.26. The molecule has 0 amide bonds. The molecule has 9 aromatic carbocycles. The summed E-state index contributed by atoms with van der Waals surface area (Å²) in [5.74, 6) is 0.504. The number of nitrogens with zero attached hydrogens (tertiary/aromatic N) is 3. The van der Waals surface area contributed by atoms with Crippen molar-refractivity contribution in [2.45, 2.75) is 0 Å². The molecule has 0 unspecified atom stereocenters. The molecule has 0 aliphatic heterocycles. The summed E-state index contributed by atoms with van der Waals surface area (Å²) in [7, 11) is 0. The Kier molecular flexibility index (Phi) is 5.54. The average Bonchev–Trinajstić information content (AvgIpc) is 3.76. The molecule has 0 radical (unpaired) electrons. The van der Waals surface area contributed by atoms with E-state index in [0.29, 0.717) is 22.1 Å². The lowest BCUT2D eigenvalue weighted by molar-refractivity contribution is 0.670. The van der Waals surface area contributed by atoms with Crippen molar-refractivity contribution < 1.29 is 19.5 Å². The number of hydrogen-bond acceptors (Lipinski definition) is 4. The standard InChI is InChI=1S/C53H33N3O/c1-3-12-34(13-4-1)36-22-24-37(25-23-36)44-32-46-49-45-21-10-9-15-38(45)28-29-48(49)57-50(46)47(33-44)53-55-51(39-16-5-2-6-17-39)54-52(56-53)43-20-11-19-41(31-43)42-27-26-35-14-7-8-18-40(35)30-42/h1-33H/i1D,3D,4D,12D,13D,22D,23D,24D,25D,32D,33D. The number of hydrogen-bond donors (Lipinski definition) is 0. The highest BCUT2D eigenvalue weighted by molar-refractivity contribution is 6.21. The molecule has 0 fully saturated rings. The second kappa shape index (κ2) is 13.6. The third kappa shape index (κ3) is 5.92. The van der Waals surface area contributed by atoms with Gasteiger partial charge in [-0.05, 0) is 85.2 Å². The Morgan fingerprint density at radius 3 is 1.82 bits per heavy atom. The molecule has 57 heavy (non-hydrogen) atoms. The van der Waals surface area contributed by atoms with Crippen LogP contribution in [0.2, 0.25) is 0 Å². The number of benzene rings is 9. The van der Waals surface area contributed by atoms with Gasteiger partial charge in [-0.25, -0.2) is 15.0 Å². The molecule has 11 aromatic rings. The quantitative estimate of drug-likeness (QED) is 0.170. The van der Waals surface area contributed by atoms with Crippen molar-refractivity contribution in [3.05, 3.63) is 200 Å². The first-order valence-electron chi connectivity index (χ1n) is 23.8. The summed E-state index contributed by atoms with van der Waals surface area (Å²) < 4.78 is 106. The Hall–Kier alpha value is -7.69. The van der Waals surface area contributed by atoms with E-state index in [9.17, 15) is 8.22 Å². The molecule has 0 saturated carbocycles. The third-order valence-electron chi connectivity index (χ3n) is 10.0. The predicted molar refractivity (Wildman–Crippen MR) is 235 cm³/mol. The van der Waals surface area contributed by atoms with Crippen molar-refractivity contribution in [1.29, 1.82) is 0 Å². The van der Waals surface area contributed by atoms with Crippen LogP contribution >= 0.6 is 0 Å². The first kappa shape index (κ1) is 23.3. The van der Waals surface area contributed by atoms with Crippen LogP contribution in [-0.2, 0) is 0 Å². The van der Waals surface area contributed by atoms with Crippen LogP contribution in [0.15, 0.2) is 204 Å². The van der Waals surface area contributed by atoms with Crippen molar-refractivity contribution in [2.75, 3.05) is 0 Å². The first-order chi connectivity index (χ1) is 32.8. The molecule has 0 saturated heterocycles. The number of aromatic nitrogens is 3. The highest BCUT2D eigenvalue weighted by Crippen LogP contribution is 2.42. The summed E-state index contributed by atoms with van der Waals surface area (Å²) in [6, 6.07) is 35.5. The van der Waals surface area contributed by atoms with Gasteiger partial charge in [-0.3, -0.25) is 0 Å². The van der Waals surface area contributed by atoms with Gasteiger partial charge >= 0.3 is 0 Å². The van der Waals surface area contributed by atoms with Crippen molar-refractivity contribution in [1.82, 2.24) is 15.0 Å². The molecule has 0 atom stereocenters. The lowest BCUT2D eigenvalue weighted by Gasteiger charge is -2.12. The van der Waals surface area contributed by atoms with Crippen LogP contribution in [0.5, 0.6) is 0 Å². The van der Waals surface area contributed by atoms with E-state index in [1.165, 1.54) is 0 Å². The van der Waals surface area contributed by atoms with Gasteiger partial charge in [-0.2, -0.15) is 0 Å². The molecule has 2 heterocycles. The smallest absolute Gasteiger partial charge is 0.167 e. The fraction of sp³-hybridized carbons (Fsp3) is 0. The maximum Gasteiger partial charge on any atom is 0.167 e. The zero-order valence-electron chi connectivity index (χ0n) is 41.0. The van der Waals surface area contributed by atoms with Gasteiger partial charge in [0.05, 0.1) is 20.6 Å². The molecule has 0 bridgehead atoms. The number of furan rings is 1. The minimum Gasteiger partial charge on any atom is -0.455 e. The van der Waals surface area contributed by atoms with Gasteiger partial charge in [-0.1, -0.05) is 170 Å². The van der Waals surface area contributed by atoms with Gasteiger partial charge in [0.15, 0.2) is 17.5 Å². The number of fused-ring (bicyclic) bond motifs is 6. The topological polar surface area (TPSA) is 51.8 Å². The minimum absolute atomic E-state index is 0.00403. The van der Waals surface area contributed by atoms with Crippen molar-refractivity contribution in [3.8, 4) is 67.5 Å². The van der Waals surface area contributed by atoms with Gasteiger partial charge < -0.3 is 4.42 Å². The molecular weight excluding hydrogens is 695 g/mol. The summed E-state index contributed by atoms with van der Waals surface area (Å²) in [6.45, 7) is 0. The second-order valence-electron chi connectivity index (χ2n) is 13.5. The Bertz CT molecular complexity index is 3890. The maximum atomic E-state index is 10.0. The van der Waals surface area contributed by atoms with Crippen LogP contribution in [0.1, 0.15) is 15.1 Å². The monoisotopic (exact) mass is 738 g/mol. The van der Waals surface area contributed by atoms with E-state index in [1.54, 1.807) is 6.07 Å². The largest absolute Gasteiger partial charge is 0.455 e. The molecular formula is C53H33N3O. The van der Waals surface area contributed by atoms with E-state index < -0.39 is 77.1 Å². The maximum absolute atomic E-state index is 10.0. The molecule has 0 aliphatic carbocycles. The second-order valence-corrected chi connectivity index (χ2v) is 13.5. The normalized spacial score (nSPS) is 14.2. The lowest BCUT2D eigenvalue weighted by atomic mass is 9.95. The van der Waals surface area contributed by atoms with Crippen LogP contribution in [0.4, 0.5) is 0 Å². The molecule has 4 nitrogen and oxygen atoms in total. The molecule has 266 valence electrons. The highest BCUT2D eigenvalue weighted by atomic mass is 16.3. The van der Waals surface area contributed by atoms with Crippen molar-refractivity contribution >= 4 is 43.5 Å². The van der Waals surface area contributed by atoms with E-state index >= 15 is 0 Å². The Labute approximate surface area is 344 Å². The van der Waals surface area contributed by atoms with Crippen molar-refractivity contribution in [2.24, 2.45) is 0 Å². The Morgan fingerprint density at radius 2 is 1.00 bits per heavy atom. The van der Waals surface area contributed by atoms with Crippen LogP contribution < -0.4 is 0 Å². The molecule has 0 N–H and O–H groups in total. The molecule has 0 aliphatic rings. The van der Waals surface area contributed by atoms with Gasteiger partial charge in [0.1, 0.15) is 11.2 Å².